The summed E-state index contributed by atoms with van der Waals surface area (Å²) in [5.74, 6) is -0.363. The summed E-state index contributed by atoms with van der Waals surface area (Å²) in [5, 5.41) is 0. The minimum Gasteiger partial charge on any atom is -0.383 e. The molecule has 0 radical (unpaired) electrons. The van der Waals surface area contributed by atoms with Crippen LogP contribution in [-0.2, 0) is 4.74 Å². The van der Waals surface area contributed by atoms with Crippen LogP contribution >= 0.6 is 0 Å². The van der Waals surface area contributed by atoms with Crippen LogP contribution in [0.3, 0.4) is 0 Å². The van der Waals surface area contributed by atoms with Crippen molar-refractivity contribution in [1.82, 2.24) is 4.90 Å². The first-order valence-corrected chi connectivity index (χ1v) is 7.60. The van der Waals surface area contributed by atoms with Crippen molar-refractivity contribution >= 4 is 11.6 Å². The van der Waals surface area contributed by atoms with Gasteiger partial charge in [0.1, 0.15) is 0 Å². The van der Waals surface area contributed by atoms with E-state index in [0.29, 0.717) is 23.3 Å². The van der Waals surface area contributed by atoms with Crippen molar-refractivity contribution in [1.29, 1.82) is 0 Å². The Morgan fingerprint density at radius 2 is 1.48 bits per heavy atom. The molecule has 1 heterocycles. The number of Topliss-reactive ketones (excluding diaryl/α,β-unsaturated/α-hetero) is 2. The quantitative estimate of drug-likeness (QED) is 0.636. The fraction of sp³-hybridized carbons (Fsp3) is 0.263. The summed E-state index contributed by atoms with van der Waals surface area (Å²) in [4.78, 5) is 27.3. The van der Waals surface area contributed by atoms with Crippen LogP contribution in [0, 0.1) is 0 Å². The molecule has 0 amide bonds. The lowest BCUT2D eigenvalue weighted by molar-refractivity contribution is 0.0988. The summed E-state index contributed by atoms with van der Waals surface area (Å²) in [6.07, 6.45) is 3.80. The first-order valence-electron chi connectivity index (χ1n) is 7.60. The fourth-order valence-corrected chi connectivity index (χ4v) is 3.12. The Morgan fingerprint density at radius 3 is 1.96 bits per heavy atom. The Labute approximate surface area is 135 Å². The van der Waals surface area contributed by atoms with Gasteiger partial charge in [0.05, 0.1) is 12.2 Å². The van der Waals surface area contributed by atoms with E-state index in [0.717, 1.165) is 17.9 Å². The highest BCUT2D eigenvalue weighted by Gasteiger charge is 2.35. The maximum atomic E-state index is 12.6. The van der Waals surface area contributed by atoms with E-state index < -0.39 is 0 Å². The number of rotatable bonds is 3. The monoisotopic (exact) mass is 309 g/mol. The zero-order valence-corrected chi connectivity index (χ0v) is 13.6. The molecule has 0 N–H and O–H groups in total. The maximum absolute atomic E-state index is 12.6. The lowest BCUT2D eigenvalue weighted by atomic mass is 9.99. The Kier molecular flexibility index (Phi) is 4.01. The lowest BCUT2D eigenvalue weighted by Gasteiger charge is -2.29. The number of allylic oxidation sites excluding steroid dienone is 6. The zero-order valence-electron chi connectivity index (χ0n) is 13.6. The maximum Gasteiger partial charge on any atom is 0.198 e. The second kappa shape index (κ2) is 5.97. The van der Waals surface area contributed by atoms with Crippen molar-refractivity contribution in [2.24, 2.45) is 0 Å². The fourth-order valence-electron chi connectivity index (χ4n) is 3.12. The average Bonchev–Trinajstić information content (AvgIpc) is 2.78. The van der Waals surface area contributed by atoms with E-state index in [-0.39, 0.29) is 17.1 Å². The van der Waals surface area contributed by atoms with Gasteiger partial charge < -0.3 is 9.64 Å². The number of methoxy groups -OCH3 is 1. The van der Waals surface area contributed by atoms with Gasteiger partial charge in [-0.15, -0.1) is 0 Å². The molecule has 4 heteroatoms. The van der Waals surface area contributed by atoms with Crippen molar-refractivity contribution < 1.29 is 14.3 Å². The number of carbonyl (C=O) groups excluding carboxylic acids is 2. The Balaban J connectivity index is 2.03. The summed E-state index contributed by atoms with van der Waals surface area (Å²) < 4.78 is 5.13. The van der Waals surface area contributed by atoms with Gasteiger partial charge in [0.2, 0.25) is 0 Å². The van der Waals surface area contributed by atoms with Crippen LogP contribution in [0.4, 0.5) is 0 Å². The molecule has 23 heavy (non-hydrogen) atoms. The van der Waals surface area contributed by atoms with E-state index in [1.165, 1.54) is 0 Å². The van der Waals surface area contributed by atoms with Gasteiger partial charge in [0.15, 0.2) is 11.6 Å². The molecular formula is C19H19NO3. The Hall–Kier alpha value is -2.46. The topological polar surface area (TPSA) is 46.6 Å². The average molecular weight is 309 g/mol. The first kappa shape index (κ1) is 15.4. The summed E-state index contributed by atoms with van der Waals surface area (Å²) in [5.41, 5.74) is 3.97. The molecular weight excluding hydrogens is 290 g/mol. The SMILES string of the molecule is COCCN1C(C)=CC(=C2C(=O)c3ccccc3C2=O)C=C1C. The van der Waals surface area contributed by atoms with Crippen molar-refractivity contribution in [3.8, 4) is 0 Å². The van der Waals surface area contributed by atoms with Crippen molar-refractivity contribution in [2.45, 2.75) is 13.8 Å². The van der Waals surface area contributed by atoms with Gasteiger partial charge >= 0.3 is 0 Å². The van der Waals surface area contributed by atoms with Crippen LogP contribution in [0.15, 0.2) is 59.0 Å². The smallest absolute Gasteiger partial charge is 0.198 e. The zero-order chi connectivity index (χ0) is 16.6. The van der Waals surface area contributed by atoms with Crippen molar-refractivity contribution in [3.05, 3.63) is 70.1 Å². The van der Waals surface area contributed by atoms with Crippen molar-refractivity contribution in [2.75, 3.05) is 20.3 Å². The first-order chi connectivity index (χ1) is 11.0. The number of hydrogen-bond donors (Lipinski definition) is 0. The highest BCUT2D eigenvalue weighted by atomic mass is 16.5. The molecule has 1 aromatic carbocycles. The van der Waals surface area contributed by atoms with Crippen LogP contribution in [0.1, 0.15) is 34.6 Å². The predicted octanol–water partition coefficient (Wildman–Crippen LogP) is 3.13. The number of ether oxygens (including phenoxy) is 1. The molecule has 4 nitrogen and oxygen atoms in total. The second-order valence-electron chi connectivity index (χ2n) is 5.75. The molecule has 0 saturated carbocycles. The van der Waals surface area contributed by atoms with Crippen LogP contribution in [-0.4, -0.2) is 36.7 Å². The molecule has 0 unspecified atom stereocenters. The number of ketones is 2. The van der Waals surface area contributed by atoms with Crippen LogP contribution < -0.4 is 0 Å². The molecule has 3 rings (SSSR count). The van der Waals surface area contributed by atoms with Crippen LogP contribution in [0.5, 0.6) is 0 Å². The third-order valence-electron chi connectivity index (χ3n) is 4.26. The largest absolute Gasteiger partial charge is 0.383 e. The molecule has 0 bridgehead atoms. The summed E-state index contributed by atoms with van der Waals surface area (Å²) in [7, 11) is 1.67. The highest BCUT2D eigenvalue weighted by Crippen LogP contribution is 2.32. The van der Waals surface area contributed by atoms with Crippen LogP contribution in [0.25, 0.3) is 0 Å². The highest BCUT2D eigenvalue weighted by molar-refractivity contribution is 6.40. The standard InChI is InChI=1S/C19H19NO3/c1-12-10-14(11-13(2)20(12)8-9-23-3)17-18(21)15-6-4-5-7-16(15)19(17)22/h4-7,10-11H,8-9H2,1-3H3. The van der Waals surface area contributed by atoms with Gasteiger partial charge in [-0.1, -0.05) is 24.3 Å². The summed E-state index contributed by atoms with van der Waals surface area (Å²) >= 11 is 0. The molecule has 118 valence electrons. The number of benzene rings is 1. The van der Waals surface area contributed by atoms with Gasteiger partial charge in [-0.2, -0.15) is 0 Å². The number of nitrogens with zero attached hydrogens (tertiary/aromatic N) is 1. The summed E-state index contributed by atoms with van der Waals surface area (Å²) in [6, 6.07) is 6.99. The molecule has 2 aliphatic rings. The van der Waals surface area contributed by atoms with Crippen molar-refractivity contribution in [3.63, 3.8) is 0 Å². The Bertz CT molecular complexity index is 725. The minimum atomic E-state index is -0.181. The van der Waals surface area contributed by atoms with Crippen LogP contribution in [0.2, 0.25) is 0 Å². The summed E-state index contributed by atoms with van der Waals surface area (Å²) in [6.45, 7) is 5.31. The lowest BCUT2D eigenvalue weighted by Crippen LogP contribution is -2.26. The van der Waals surface area contributed by atoms with E-state index in [2.05, 4.69) is 4.90 Å². The van der Waals surface area contributed by atoms with E-state index >= 15 is 0 Å². The normalized spacial score (nSPS) is 17.4. The van der Waals surface area contributed by atoms with Gasteiger partial charge in [0.25, 0.3) is 0 Å². The van der Waals surface area contributed by atoms with E-state index in [1.54, 1.807) is 31.4 Å². The molecule has 0 saturated heterocycles. The van der Waals surface area contributed by atoms with E-state index in [4.69, 9.17) is 4.74 Å². The third kappa shape index (κ3) is 2.55. The van der Waals surface area contributed by atoms with Gasteiger partial charge in [0, 0.05) is 36.2 Å². The third-order valence-corrected chi connectivity index (χ3v) is 4.26. The molecule has 0 aromatic heterocycles. The van der Waals surface area contributed by atoms with E-state index in [1.807, 2.05) is 26.0 Å². The molecule has 1 aliphatic heterocycles. The van der Waals surface area contributed by atoms with Gasteiger partial charge in [-0.05, 0) is 31.6 Å². The van der Waals surface area contributed by atoms with Gasteiger partial charge in [-0.25, -0.2) is 0 Å². The molecule has 1 aliphatic carbocycles. The second-order valence-corrected chi connectivity index (χ2v) is 5.75. The van der Waals surface area contributed by atoms with E-state index in [9.17, 15) is 9.59 Å². The number of fused-ring (bicyclic) bond motifs is 1. The predicted molar refractivity (Wildman–Crippen MR) is 88.2 cm³/mol. The minimum absolute atomic E-state index is 0.181. The molecule has 0 spiro atoms. The number of carbonyl (C=O) groups is 2. The Morgan fingerprint density at radius 1 is 0.957 bits per heavy atom. The molecule has 0 fully saturated rings. The number of hydrogen-bond acceptors (Lipinski definition) is 4. The molecule has 0 atom stereocenters. The van der Waals surface area contributed by atoms with Gasteiger partial charge in [-0.3, -0.25) is 9.59 Å². The molecule has 1 aromatic rings.